The number of esters is 1. The maximum atomic E-state index is 12.3. The van der Waals surface area contributed by atoms with Crippen molar-refractivity contribution in [3.63, 3.8) is 0 Å². The third kappa shape index (κ3) is 7.15. The Morgan fingerprint density at radius 2 is 1.70 bits per heavy atom. The van der Waals surface area contributed by atoms with E-state index in [0.29, 0.717) is 16.1 Å². The highest BCUT2D eigenvalue weighted by molar-refractivity contribution is 9.10. The maximum absolute atomic E-state index is 12.3. The quantitative estimate of drug-likeness (QED) is 0.191. The van der Waals surface area contributed by atoms with Gasteiger partial charge < -0.3 is 10.1 Å². The number of hydrogen-bond acceptors (Lipinski definition) is 5. The van der Waals surface area contributed by atoms with Crippen molar-refractivity contribution in [2.45, 2.75) is 0 Å². The van der Waals surface area contributed by atoms with Crippen LogP contribution in [0.1, 0.15) is 26.3 Å². The number of carbonyl (C=O) groups is 3. The first-order valence-electron chi connectivity index (χ1n) is 9.45. The smallest absolute Gasteiger partial charge is 0.343 e. The first kappa shape index (κ1) is 24.4. The number of nitrogens with one attached hydrogen (secondary N) is 2. The number of halogens is 3. The van der Waals surface area contributed by atoms with E-state index < -0.39 is 17.8 Å². The summed E-state index contributed by atoms with van der Waals surface area (Å²) in [7, 11) is 0. The molecule has 3 rings (SSSR count). The zero-order chi connectivity index (χ0) is 23.8. The van der Waals surface area contributed by atoms with E-state index in [1.165, 1.54) is 24.4 Å². The van der Waals surface area contributed by atoms with Gasteiger partial charge in [-0.2, -0.15) is 5.10 Å². The normalized spacial score (nSPS) is 10.6. The molecule has 0 heterocycles. The highest BCUT2D eigenvalue weighted by Gasteiger charge is 2.12. The minimum Gasteiger partial charge on any atom is -0.422 e. The van der Waals surface area contributed by atoms with Crippen LogP contribution in [0.2, 0.25) is 10.0 Å². The summed E-state index contributed by atoms with van der Waals surface area (Å²) in [6.07, 6.45) is 1.33. The lowest BCUT2D eigenvalue weighted by Crippen LogP contribution is -2.34. The monoisotopic (exact) mass is 547 g/mol. The van der Waals surface area contributed by atoms with Crippen molar-refractivity contribution in [2.24, 2.45) is 5.10 Å². The lowest BCUT2D eigenvalue weighted by atomic mass is 10.2. The lowest BCUT2D eigenvalue weighted by molar-refractivity contribution is -0.120. The van der Waals surface area contributed by atoms with E-state index in [1.54, 1.807) is 48.5 Å². The van der Waals surface area contributed by atoms with Gasteiger partial charge in [0, 0.05) is 15.6 Å². The fourth-order valence-corrected chi connectivity index (χ4v) is 3.24. The van der Waals surface area contributed by atoms with Gasteiger partial charge in [-0.1, -0.05) is 57.3 Å². The second-order valence-electron chi connectivity index (χ2n) is 6.54. The van der Waals surface area contributed by atoms with E-state index in [2.05, 4.69) is 31.8 Å². The Labute approximate surface area is 207 Å². The molecule has 0 spiro atoms. The summed E-state index contributed by atoms with van der Waals surface area (Å²) in [5.74, 6) is -1.31. The van der Waals surface area contributed by atoms with Gasteiger partial charge in [0.15, 0.2) is 0 Å². The zero-order valence-corrected chi connectivity index (χ0v) is 19.9. The lowest BCUT2D eigenvalue weighted by Gasteiger charge is -2.08. The predicted octanol–water partition coefficient (Wildman–Crippen LogP) is 4.86. The van der Waals surface area contributed by atoms with Crippen LogP contribution in [-0.4, -0.2) is 30.5 Å². The van der Waals surface area contributed by atoms with Gasteiger partial charge in [0.2, 0.25) is 0 Å². The number of hydrazone groups is 1. The van der Waals surface area contributed by atoms with Crippen molar-refractivity contribution in [1.29, 1.82) is 0 Å². The first-order valence-corrected chi connectivity index (χ1v) is 11.0. The Hall–Kier alpha value is -3.20. The fourth-order valence-electron chi connectivity index (χ4n) is 2.56. The van der Waals surface area contributed by atoms with Gasteiger partial charge in [0.1, 0.15) is 5.75 Å². The van der Waals surface area contributed by atoms with Crippen LogP contribution in [0.5, 0.6) is 5.75 Å². The van der Waals surface area contributed by atoms with Crippen LogP contribution in [0.15, 0.2) is 76.3 Å². The van der Waals surface area contributed by atoms with Gasteiger partial charge in [-0.25, -0.2) is 10.2 Å². The van der Waals surface area contributed by atoms with Crippen molar-refractivity contribution in [3.05, 3.63) is 97.9 Å². The number of nitrogens with zero attached hydrogens (tertiary/aromatic N) is 1. The molecule has 0 fully saturated rings. The molecular weight excluding hydrogens is 533 g/mol. The van der Waals surface area contributed by atoms with Crippen LogP contribution >= 0.6 is 39.1 Å². The Bertz CT molecular complexity index is 1220. The molecule has 0 bridgehead atoms. The average Bonchev–Trinajstić information content (AvgIpc) is 2.81. The molecule has 33 heavy (non-hydrogen) atoms. The Morgan fingerprint density at radius 1 is 0.939 bits per heavy atom. The van der Waals surface area contributed by atoms with Crippen LogP contribution in [0.4, 0.5) is 0 Å². The predicted molar refractivity (Wildman–Crippen MR) is 130 cm³/mol. The van der Waals surface area contributed by atoms with Gasteiger partial charge in [0.25, 0.3) is 11.8 Å². The molecule has 0 aliphatic carbocycles. The van der Waals surface area contributed by atoms with E-state index in [4.69, 9.17) is 27.9 Å². The summed E-state index contributed by atoms with van der Waals surface area (Å²) in [5, 5.41) is 6.88. The molecule has 2 N–H and O–H groups in total. The topological polar surface area (TPSA) is 96.9 Å². The standard InChI is InChI=1S/C23H16BrCl2N3O4/c24-17-7-9-20(33-23(32)14-4-2-1-3-5-14)16(10-17)12-28-29-21(30)13-27-22(31)15-6-8-18(25)19(26)11-15/h1-12H,13H2,(H,27,31)(H,29,30). The van der Waals surface area contributed by atoms with E-state index in [0.717, 1.165) is 4.47 Å². The Kier molecular flexibility index (Phi) is 8.59. The molecule has 7 nitrogen and oxygen atoms in total. The summed E-state index contributed by atoms with van der Waals surface area (Å²) >= 11 is 15.1. The molecule has 3 aromatic carbocycles. The number of carbonyl (C=O) groups excluding carboxylic acids is 3. The number of amides is 2. The molecule has 0 aliphatic heterocycles. The number of rotatable bonds is 7. The number of benzene rings is 3. The zero-order valence-electron chi connectivity index (χ0n) is 16.8. The molecule has 168 valence electrons. The summed E-state index contributed by atoms with van der Waals surface area (Å²) in [4.78, 5) is 36.5. The summed E-state index contributed by atoms with van der Waals surface area (Å²) in [6.45, 7) is -0.315. The SMILES string of the molecule is O=C(CNC(=O)c1ccc(Cl)c(Cl)c1)NN=Cc1cc(Br)ccc1OC(=O)c1ccccc1. The van der Waals surface area contributed by atoms with Gasteiger partial charge in [0.05, 0.1) is 28.4 Å². The van der Waals surface area contributed by atoms with Crippen molar-refractivity contribution in [2.75, 3.05) is 6.54 Å². The van der Waals surface area contributed by atoms with Gasteiger partial charge in [-0.15, -0.1) is 0 Å². The van der Waals surface area contributed by atoms with Crippen molar-refractivity contribution >= 4 is 63.1 Å². The van der Waals surface area contributed by atoms with Gasteiger partial charge in [-0.3, -0.25) is 9.59 Å². The molecule has 10 heteroatoms. The van der Waals surface area contributed by atoms with E-state index in [9.17, 15) is 14.4 Å². The third-order valence-electron chi connectivity index (χ3n) is 4.17. The minimum atomic E-state index is -0.558. The Balaban J connectivity index is 1.58. The first-order chi connectivity index (χ1) is 15.8. The van der Waals surface area contributed by atoms with E-state index in [-0.39, 0.29) is 22.9 Å². The van der Waals surface area contributed by atoms with E-state index >= 15 is 0 Å². The minimum absolute atomic E-state index is 0.233. The second kappa shape index (κ2) is 11.6. The highest BCUT2D eigenvalue weighted by atomic mass is 79.9. The molecule has 0 saturated carbocycles. The molecule has 0 saturated heterocycles. The van der Waals surface area contributed by atoms with Crippen LogP contribution < -0.4 is 15.5 Å². The van der Waals surface area contributed by atoms with Gasteiger partial charge in [-0.05, 0) is 48.5 Å². The van der Waals surface area contributed by atoms with Gasteiger partial charge >= 0.3 is 5.97 Å². The number of hydrogen-bond donors (Lipinski definition) is 2. The molecule has 0 radical (unpaired) electrons. The van der Waals surface area contributed by atoms with Crippen molar-refractivity contribution in [3.8, 4) is 5.75 Å². The summed E-state index contributed by atoms with van der Waals surface area (Å²) < 4.78 is 6.17. The Morgan fingerprint density at radius 3 is 2.42 bits per heavy atom. The summed E-state index contributed by atoms with van der Waals surface area (Å²) in [5.41, 5.74) is 3.42. The van der Waals surface area contributed by atoms with Crippen LogP contribution in [0, 0.1) is 0 Å². The third-order valence-corrected chi connectivity index (χ3v) is 5.40. The second-order valence-corrected chi connectivity index (χ2v) is 8.27. The largest absolute Gasteiger partial charge is 0.422 e. The molecular formula is C23H16BrCl2N3O4. The van der Waals surface area contributed by atoms with Crippen molar-refractivity contribution < 1.29 is 19.1 Å². The summed E-state index contributed by atoms with van der Waals surface area (Å²) in [6, 6.07) is 17.9. The average molecular weight is 549 g/mol. The fraction of sp³-hybridized carbons (Fsp3) is 0.0435. The molecule has 0 aromatic heterocycles. The molecule has 2 amide bonds. The molecule has 0 aliphatic rings. The van der Waals surface area contributed by atoms with Crippen LogP contribution in [0.3, 0.4) is 0 Å². The molecule has 3 aromatic rings. The maximum Gasteiger partial charge on any atom is 0.343 e. The van der Waals surface area contributed by atoms with Crippen molar-refractivity contribution in [1.82, 2.24) is 10.7 Å². The molecule has 0 atom stereocenters. The van der Waals surface area contributed by atoms with Crippen LogP contribution in [0.25, 0.3) is 0 Å². The molecule has 0 unspecified atom stereocenters. The highest BCUT2D eigenvalue weighted by Crippen LogP contribution is 2.23. The van der Waals surface area contributed by atoms with E-state index in [1.807, 2.05) is 0 Å². The number of ether oxygens (including phenoxy) is 1. The van der Waals surface area contributed by atoms with Crippen LogP contribution in [-0.2, 0) is 4.79 Å².